The van der Waals surface area contributed by atoms with Crippen molar-refractivity contribution in [3.05, 3.63) is 78.8 Å². The van der Waals surface area contributed by atoms with Crippen LogP contribution >= 0.6 is 0 Å². The van der Waals surface area contributed by atoms with Crippen molar-refractivity contribution in [2.24, 2.45) is 5.92 Å². The molecule has 0 aromatic carbocycles. The summed E-state index contributed by atoms with van der Waals surface area (Å²) in [6.07, 6.45) is 6.70. The van der Waals surface area contributed by atoms with E-state index >= 15 is 0 Å². The van der Waals surface area contributed by atoms with Gasteiger partial charge in [0.25, 0.3) is 5.91 Å². The number of aromatic nitrogens is 2. The third-order valence-electron chi connectivity index (χ3n) is 4.64. The molecule has 0 saturated carbocycles. The van der Waals surface area contributed by atoms with Crippen LogP contribution in [0.2, 0.25) is 0 Å². The number of furan rings is 1. The number of carbonyl (C=O) groups excluding carboxylic acids is 1. The van der Waals surface area contributed by atoms with Crippen molar-refractivity contribution in [2.75, 3.05) is 19.7 Å². The number of ether oxygens (including phenoxy) is 1. The third-order valence-corrected chi connectivity index (χ3v) is 4.64. The van der Waals surface area contributed by atoms with Gasteiger partial charge in [-0.2, -0.15) is 0 Å². The largest absolute Gasteiger partial charge is 0.493 e. The molecule has 0 radical (unpaired) electrons. The molecule has 1 fully saturated rings. The van der Waals surface area contributed by atoms with Crippen LogP contribution < -0.4 is 4.74 Å². The van der Waals surface area contributed by atoms with Gasteiger partial charge in [0.15, 0.2) is 5.76 Å². The molecule has 3 aromatic heterocycles. The predicted molar refractivity (Wildman–Crippen MR) is 94.8 cm³/mol. The third kappa shape index (κ3) is 3.44. The van der Waals surface area contributed by atoms with E-state index in [0.29, 0.717) is 25.5 Å². The van der Waals surface area contributed by atoms with E-state index in [2.05, 4.69) is 9.97 Å². The van der Waals surface area contributed by atoms with Crippen LogP contribution in [0.1, 0.15) is 22.2 Å². The van der Waals surface area contributed by atoms with Crippen molar-refractivity contribution < 1.29 is 13.9 Å². The lowest BCUT2D eigenvalue weighted by atomic mass is 9.93. The SMILES string of the molecule is O=C(c1ccco1)N1C[C@@H](COc2ccncc2)[C@H](c2ccccn2)C1. The lowest BCUT2D eigenvalue weighted by Crippen LogP contribution is -2.29. The fourth-order valence-electron chi connectivity index (χ4n) is 3.33. The molecule has 0 bridgehead atoms. The van der Waals surface area contributed by atoms with Crippen LogP contribution in [0.15, 0.2) is 71.7 Å². The Labute approximate surface area is 151 Å². The molecule has 6 nitrogen and oxygen atoms in total. The first-order valence-corrected chi connectivity index (χ1v) is 8.58. The summed E-state index contributed by atoms with van der Waals surface area (Å²) in [5.74, 6) is 1.31. The quantitative estimate of drug-likeness (QED) is 0.708. The Bertz CT molecular complexity index is 837. The van der Waals surface area contributed by atoms with Crippen LogP contribution in [0.4, 0.5) is 0 Å². The van der Waals surface area contributed by atoms with Gasteiger partial charge in [0.05, 0.1) is 12.9 Å². The summed E-state index contributed by atoms with van der Waals surface area (Å²) < 4.78 is 11.2. The molecule has 4 rings (SSSR count). The Morgan fingerprint density at radius 1 is 1.12 bits per heavy atom. The minimum atomic E-state index is -0.0951. The smallest absolute Gasteiger partial charge is 0.289 e. The molecule has 3 aromatic rings. The monoisotopic (exact) mass is 349 g/mol. The molecule has 1 amide bonds. The highest BCUT2D eigenvalue weighted by Crippen LogP contribution is 2.33. The summed E-state index contributed by atoms with van der Waals surface area (Å²) in [6, 6.07) is 13.0. The lowest BCUT2D eigenvalue weighted by Gasteiger charge is -2.18. The van der Waals surface area contributed by atoms with Gasteiger partial charge in [-0.3, -0.25) is 14.8 Å². The number of hydrogen-bond donors (Lipinski definition) is 0. The van der Waals surface area contributed by atoms with E-state index in [1.807, 2.05) is 35.2 Å². The van der Waals surface area contributed by atoms with Gasteiger partial charge in [-0.1, -0.05) is 6.07 Å². The normalized spacial score (nSPS) is 19.5. The van der Waals surface area contributed by atoms with Gasteiger partial charge in [-0.05, 0) is 36.4 Å². The molecule has 6 heteroatoms. The Hall–Kier alpha value is -3.15. The van der Waals surface area contributed by atoms with Gasteiger partial charge in [0.2, 0.25) is 0 Å². The highest BCUT2D eigenvalue weighted by Gasteiger charge is 2.38. The fourth-order valence-corrected chi connectivity index (χ4v) is 3.33. The number of likely N-dealkylation sites (tertiary alicyclic amines) is 1. The van der Waals surface area contributed by atoms with Crippen molar-refractivity contribution in [2.45, 2.75) is 5.92 Å². The summed E-state index contributed by atoms with van der Waals surface area (Å²) in [5.41, 5.74) is 0.977. The Morgan fingerprint density at radius 2 is 2.00 bits per heavy atom. The maximum atomic E-state index is 12.7. The van der Waals surface area contributed by atoms with Gasteiger partial charge in [-0.25, -0.2) is 0 Å². The molecule has 0 spiro atoms. The van der Waals surface area contributed by atoms with Crippen LogP contribution in [0.3, 0.4) is 0 Å². The number of hydrogen-bond acceptors (Lipinski definition) is 5. The van der Waals surface area contributed by atoms with Gasteiger partial charge >= 0.3 is 0 Å². The van der Waals surface area contributed by atoms with Crippen molar-refractivity contribution in [1.29, 1.82) is 0 Å². The molecule has 1 aliphatic rings. The second-order valence-electron chi connectivity index (χ2n) is 6.30. The second-order valence-corrected chi connectivity index (χ2v) is 6.30. The van der Waals surface area contributed by atoms with E-state index in [9.17, 15) is 4.79 Å². The van der Waals surface area contributed by atoms with E-state index in [4.69, 9.17) is 9.15 Å². The summed E-state index contributed by atoms with van der Waals surface area (Å²) in [4.78, 5) is 23.0. The first kappa shape index (κ1) is 16.3. The summed E-state index contributed by atoms with van der Waals surface area (Å²) in [6.45, 7) is 1.71. The van der Waals surface area contributed by atoms with Gasteiger partial charge in [0.1, 0.15) is 5.75 Å². The van der Waals surface area contributed by atoms with Crippen LogP contribution in [0.5, 0.6) is 5.75 Å². The maximum Gasteiger partial charge on any atom is 0.289 e. The molecular formula is C20H19N3O3. The first-order valence-electron chi connectivity index (χ1n) is 8.58. The molecule has 1 aliphatic heterocycles. The zero-order valence-electron chi connectivity index (χ0n) is 14.2. The Kier molecular flexibility index (Phi) is 4.64. The first-order chi connectivity index (χ1) is 12.8. The zero-order chi connectivity index (χ0) is 17.8. The van der Waals surface area contributed by atoms with Crippen molar-refractivity contribution in [1.82, 2.24) is 14.9 Å². The van der Waals surface area contributed by atoms with Crippen LogP contribution in [-0.2, 0) is 0 Å². The average molecular weight is 349 g/mol. The lowest BCUT2D eigenvalue weighted by molar-refractivity contribution is 0.0751. The van der Waals surface area contributed by atoms with Crippen molar-refractivity contribution >= 4 is 5.91 Å². The molecule has 2 atom stereocenters. The van der Waals surface area contributed by atoms with Crippen LogP contribution in [0.25, 0.3) is 0 Å². The zero-order valence-corrected chi connectivity index (χ0v) is 14.2. The number of pyridine rings is 2. The van der Waals surface area contributed by atoms with Crippen LogP contribution in [-0.4, -0.2) is 40.5 Å². The van der Waals surface area contributed by atoms with E-state index < -0.39 is 0 Å². The van der Waals surface area contributed by atoms with Crippen molar-refractivity contribution in [3.8, 4) is 5.75 Å². The molecule has 0 aliphatic carbocycles. The Balaban J connectivity index is 1.52. The number of amides is 1. The number of rotatable bonds is 5. The highest BCUT2D eigenvalue weighted by atomic mass is 16.5. The molecule has 26 heavy (non-hydrogen) atoms. The van der Waals surface area contributed by atoms with Crippen molar-refractivity contribution in [3.63, 3.8) is 0 Å². The Morgan fingerprint density at radius 3 is 2.73 bits per heavy atom. The molecule has 132 valence electrons. The summed E-state index contributed by atoms with van der Waals surface area (Å²) in [7, 11) is 0. The molecular weight excluding hydrogens is 330 g/mol. The predicted octanol–water partition coefficient (Wildman–Crippen LogP) is 3.00. The van der Waals surface area contributed by atoms with E-state index in [-0.39, 0.29) is 17.7 Å². The molecule has 0 unspecified atom stereocenters. The molecule has 0 N–H and O–H groups in total. The minimum Gasteiger partial charge on any atom is -0.493 e. The number of nitrogens with zero attached hydrogens (tertiary/aromatic N) is 3. The van der Waals surface area contributed by atoms with E-state index in [1.165, 1.54) is 6.26 Å². The van der Waals surface area contributed by atoms with E-state index in [1.54, 1.807) is 30.7 Å². The minimum absolute atomic E-state index is 0.0951. The summed E-state index contributed by atoms with van der Waals surface area (Å²) >= 11 is 0. The fraction of sp³-hybridized carbons (Fsp3) is 0.250. The second kappa shape index (κ2) is 7.39. The molecule has 4 heterocycles. The van der Waals surface area contributed by atoms with Gasteiger partial charge in [0, 0.05) is 49.2 Å². The maximum absolute atomic E-state index is 12.7. The standard InChI is InChI=1S/C20H19N3O3/c24-20(19-5-3-11-25-19)23-12-15(14-26-16-6-9-21-10-7-16)17(13-23)18-4-1-2-8-22-18/h1-11,15,17H,12-14H2/t15-,17+/m0/s1. The van der Waals surface area contributed by atoms with Crippen LogP contribution in [0, 0.1) is 5.92 Å². The number of carbonyl (C=O) groups is 1. The van der Waals surface area contributed by atoms with Gasteiger partial charge < -0.3 is 14.1 Å². The van der Waals surface area contributed by atoms with Gasteiger partial charge in [-0.15, -0.1) is 0 Å². The topological polar surface area (TPSA) is 68.5 Å². The molecule has 1 saturated heterocycles. The van der Waals surface area contributed by atoms with E-state index in [0.717, 1.165) is 11.4 Å². The summed E-state index contributed by atoms with van der Waals surface area (Å²) in [5, 5.41) is 0. The highest BCUT2D eigenvalue weighted by molar-refractivity contribution is 5.91. The average Bonchev–Trinajstić information content (AvgIpc) is 3.37.